The number of nitrogens with one attached hydrogen (secondary N) is 1. The lowest BCUT2D eigenvalue weighted by molar-refractivity contribution is 0.183. The summed E-state index contributed by atoms with van der Waals surface area (Å²) in [5.74, 6) is 0.431. The number of benzene rings is 1. The Labute approximate surface area is 162 Å². The number of fused-ring (bicyclic) bond motifs is 1. The van der Waals surface area contributed by atoms with E-state index in [0.717, 1.165) is 0 Å². The fourth-order valence-corrected chi connectivity index (χ4v) is 5.14. The molecule has 2 N–H and O–H groups in total. The van der Waals surface area contributed by atoms with Gasteiger partial charge in [-0.05, 0) is 25.0 Å². The summed E-state index contributed by atoms with van der Waals surface area (Å²) in [4.78, 5) is 15.1. The van der Waals surface area contributed by atoms with Gasteiger partial charge in [0.15, 0.2) is 5.58 Å². The highest BCUT2D eigenvalue weighted by molar-refractivity contribution is 7.89. The molecule has 0 saturated carbocycles. The number of oxazole rings is 1. The minimum atomic E-state index is -3.91. The summed E-state index contributed by atoms with van der Waals surface area (Å²) in [6, 6.07) is 2.88. The Morgan fingerprint density at radius 2 is 1.96 bits per heavy atom. The second-order valence-electron chi connectivity index (χ2n) is 7.62. The lowest BCUT2D eigenvalue weighted by Crippen LogP contribution is -2.46. The van der Waals surface area contributed by atoms with Crippen LogP contribution in [-0.2, 0) is 15.4 Å². The largest absolute Gasteiger partial charge is 0.465 e. The number of carboxylic acid groups (broad SMARTS) is 1. The van der Waals surface area contributed by atoms with Gasteiger partial charge in [-0.3, -0.25) is 0 Å². The van der Waals surface area contributed by atoms with Crippen molar-refractivity contribution >= 4 is 38.8 Å². The van der Waals surface area contributed by atoms with E-state index in [4.69, 9.17) is 21.1 Å². The van der Waals surface area contributed by atoms with Gasteiger partial charge >= 0.3 is 6.09 Å². The van der Waals surface area contributed by atoms with Gasteiger partial charge in [0, 0.05) is 24.5 Å². The molecule has 1 aliphatic heterocycles. The molecule has 148 valence electrons. The summed E-state index contributed by atoms with van der Waals surface area (Å²) >= 11 is 6.24. The summed E-state index contributed by atoms with van der Waals surface area (Å²) in [6.07, 6.45) is -0.327. The molecule has 0 unspecified atom stereocenters. The van der Waals surface area contributed by atoms with E-state index in [1.165, 1.54) is 10.4 Å². The third-order valence-electron chi connectivity index (χ3n) is 4.49. The van der Waals surface area contributed by atoms with E-state index in [2.05, 4.69) is 10.3 Å². The molecular formula is C17H22ClN3O5S. The molecular weight excluding hydrogens is 394 g/mol. The molecule has 1 saturated heterocycles. The van der Waals surface area contributed by atoms with Crippen LogP contribution in [0.4, 0.5) is 4.79 Å². The monoisotopic (exact) mass is 415 g/mol. The SMILES string of the molecule is CC(C)(C)c1nc2ccc(Cl)c(S(=O)(=O)N3CCC(NC(=O)O)CC3)c2o1. The average molecular weight is 416 g/mol. The van der Waals surface area contributed by atoms with E-state index in [9.17, 15) is 13.2 Å². The van der Waals surface area contributed by atoms with Crippen LogP contribution < -0.4 is 5.32 Å². The first kappa shape index (κ1) is 19.9. The van der Waals surface area contributed by atoms with Crippen LogP contribution in [0.15, 0.2) is 21.4 Å². The molecule has 0 radical (unpaired) electrons. The van der Waals surface area contributed by atoms with E-state index in [1.807, 2.05) is 20.8 Å². The number of nitrogens with zero attached hydrogens (tertiary/aromatic N) is 2. The summed E-state index contributed by atoms with van der Waals surface area (Å²) in [6.45, 7) is 6.16. The summed E-state index contributed by atoms with van der Waals surface area (Å²) in [7, 11) is -3.91. The van der Waals surface area contributed by atoms with E-state index in [-0.39, 0.29) is 40.0 Å². The molecule has 8 nitrogen and oxygen atoms in total. The maximum Gasteiger partial charge on any atom is 0.404 e. The number of hydrogen-bond donors (Lipinski definition) is 2. The minimum absolute atomic E-state index is 0.0740. The molecule has 0 aliphatic carbocycles. The maximum atomic E-state index is 13.2. The predicted molar refractivity (Wildman–Crippen MR) is 101 cm³/mol. The standard InChI is InChI=1S/C17H22ClN3O5S/c1-17(2,3)15-20-12-5-4-11(18)14(13(12)26-15)27(24,25)21-8-6-10(7-9-21)19-16(22)23/h4-5,10,19H,6-9H2,1-3H3,(H,22,23). The van der Waals surface area contributed by atoms with Crippen molar-refractivity contribution in [3.63, 3.8) is 0 Å². The molecule has 0 bridgehead atoms. The Kier molecular flexibility index (Phi) is 5.13. The molecule has 0 spiro atoms. The van der Waals surface area contributed by atoms with E-state index >= 15 is 0 Å². The van der Waals surface area contributed by atoms with Crippen LogP contribution in [0, 0.1) is 0 Å². The summed E-state index contributed by atoms with van der Waals surface area (Å²) in [5.41, 5.74) is 0.205. The normalized spacial score (nSPS) is 17.3. The Bertz CT molecular complexity index is 972. The van der Waals surface area contributed by atoms with Crippen LogP contribution in [0.25, 0.3) is 11.1 Å². The fraction of sp³-hybridized carbons (Fsp3) is 0.529. The van der Waals surface area contributed by atoms with Crippen molar-refractivity contribution in [2.45, 2.75) is 50.0 Å². The molecule has 27 heavy (non-hydrogen) atoms. The predicted octanol–water partition coefficient (Wildman–Crippen LogP) is 3.20. The maximum absolute atomic E-state index is 13.2. The lowest BCUT2D eigenvalue weighted by atomic mass is 9.97. The Balaban J connectivity index is 1.97. The topological polar surface area (TPSA) is 113 Å². The lowest BCUT2D eigenvalue weighted by Gasteiger charge is -2.31. The summed E-state index contributed by atoms with van der Waals surface area (Å²) < 4.78 is 33.6. The van der Waals surface area contributed by atoms with Crippen molar-refractivity contribution in [2.75, 3.05) is 13.1 Å². The Morgan fingerprint density at radius 1 is 1.33 bits per heavy atom. The first-order valence-corrected chi connectivity index (χ1v) is 10.4. The van der Waals surface area contributed by atoms with Gasteiger partial charge in [-0.25, -0.2) is 18.2 Å². The van der Waals surface area contributed by atoms with Crippen LogP contribution in [0.3, 0.4) is 0 Å². The quantitative estimate of drug-likeness (QED) is 0.795. The smallest absolute Gasteiger partial charge is 0.404 e. The molecule has 2 heterocycles. The molecule has 1 aromatic heterocycles. The van der Waals surface area contributed by atoms with Gasteiger partial charge in [0.05, 0.1) is 5.02 Å². The third-order valence-corrected chi connectivity index (χ3v) is 6.88. The second kappa shape index (κ2) is 6.96. The minimum Gasteiger partial charge on any atom is -0.465 e. The van der Waals surface area contributed by atoms with Crippen LogP contribution in [0.5, 0.6) is 0 Å². The van der Waals surface area contributed by atoms with Gasteiger partial charge in [0.1, 0.15) is 10.4 Å². The molecule has 1 aliphatic rings. The van der Waals surface area contributed by atoms with Gasteiger partial charge in [-0.2, -0.15) is 4.31 Å². The number of amides is 1. The van der Waals surface area contributed by atoms with Crippen LogP contribution in [-0.4, -0.2) is 48.0 Å². The van der Waals surface area contributed by atoms with Crippen LogP contribution in [0.1, 0.15) is 39.5 Å². The number of carbonyl (C=O) groups is 1. The van der Waals surface area contributed by atoms with Crippen LogP contribution in [0.2, 0.25) is 5.02 Å². The van der Waals surface area contributed by atoms with Gasteiger partial charge in [-0.1, -0.05) is 32.4 Å². The molecule has 1 fully saturated rings. The Morgan fingerprint density at radius 3 is 2.52 bits per heavy atom. The average Bonchev–Trinajstić information content (AvgIpc) is 2.98. The number of rotatable bonds is 3. The highest BCUT2D eigenvalue weighted by Gasteiger charge is 2.35. The highest BCUT2D eigenvalue weighted by Crippen LogP contribution is 2.36. The van der Waals surface area contributed by atoms with Crippen molar-refractivity contribution in [2.24, 2.45) is 0 Å². The van der Waals surface area contributed by atoms with Crippen molar-refractivity contribution in [1.29, 1.82) is 0 Å². The van der Waals surface area contributed by atoms with Gasteiger partial charge in [0.25, 0.3) is 0 Å². The number of piperidine rings is 1. The van der Waals surface area contributed by atoms with Crippen LogP contribution >= 0.6 is 11.6 Å². The molecule has 1 aromatic carbocycles. The highest BCUT2D eigenvalue weighted by atomic mass is 35.5. The van der Waals surface area contributed by atoms with Crippen molar-refractivity contribution < 1.29 is 22.7 Å². The molecule has 2 aromatic rings. The fourth-order valence-electron chi connectivity index (χ4n) is 3.05. The zero-order valence-corrected chi connectivity index (χ0v) is 16.9. The van der Waals surface area contributed by atoms with E-state index in [0.29, 0.717) is 24.2 Å². The first-order chi connectivity index (χ1) is 12.5. The first-order valence-electron chi connectivity index (χ1n) is 8.59. The summed E-state index contributed by atoms with van der Waals surface area (Å²) in [5, 5.41) is 11.3. The number of aromatic nitrogens is 1. The third kappa shape index (κ3) is 3.90. The van der Waals surface area contributed by atoms with E-state index < -0.39 is 16.1 Å². The zero-order valence-electron chi connectivity index (χ0n) is 15.3. The molecule has 0 atom stereocenters. The van der Waals surface area contributed by atoms with Crippen molar-refractivity contribution in [3.8, 4) is 0 Å². The van der Waals surface area contributed by atoms with Gasteiger partial charge in [-0.15, -0.1) is 0 Å². The van der Waals surface area contributed by atoms with Crippen molar-refractivity contribution in [3.05, 3.63) is 23.0 Å². The molecule has 10 heteroatoms. The number of sulfonamides is 1. The van der Waals surface area contributed by atoms with Crippen molar-refractivity contribution in [1.82, 2.24) is 14.6 Å². The Hall–Kier alpha value is -1.84. The van der Waals surface area contributed by atoms with E-state index in [1.54, 1.807) is 6.07 Å². The number of hydrogen-bond acceptors (Lipinski definition) is 5. The number of halogens is 1. The van der Waals surface area contributed by atoms with Gasteiger partial charge < -0.3 is 14.8 Å². The zero-order chi connectivity index (χ0) is 20.0. The molecule has 1 amide bonds. The van der Waals surface area contributed by atoms with Gasteiger partial charge in [0.2, 0.25) is 15.9 Å². The second-order valence-corrected chi connectivity index (χ2v) is 9.90. The molecule has 3 rings (SSSR count).